The Hall–Kier alpha value is -1.91. The lowest BCUT2D eigenvalue weighted by Gasteiger charge is -2.23. The van der Waals surface area contributed by atoms with Crippen LogP contribution in [-0.2, 0) is 0 Å². The van der Waals surface area contributed by atoms with Crippen molar-refractivity contribution in [1.29, 1.82) is 0 Å². The zero-order valence-electron chi connectivity index (χ0n) is 15.1. The first-order valence-electron chi connectivity index (χ1n) is 8.19. The molecule has 2 unspecified atom stereocenters. The van der Waals surface area contributed by atoms with Crippen molar-refractivity contribution in [2.24, 2.45) is 5.92 Å². The lowest BCUT2D eigenvalue weighted by molar-refractivity contribution is 0.236. The second-order valence-electron chi connectivity index (χ2n) is 6.13. The summed E-state index contributed by atoms with van der Waals surface area (Å²) in [5.74, 6) is 2.01. The molecule has 0 fully saturated rings. The van der Waals surface area contributed by atoms with Crippen molar-refractivity contribution in [3.8, 4) is 11.5 Å². The van der Waals surface area contributed by atoms with E-state index in [1.54, 1.807) is 14.2 Å². The maximum atomic E-state index is 11.9. The molecule has 0 aromatic heterocycles. The van der Waals surface area contributed by atoms with Gasteiger partial charge in [0.25, 0.3) is 0 Å². The molecule has 23 heavy (non-hydrogen) atoms. The molecule has 0 saturated heterocycles. The van der Waals surface area contributed by atoms with Gasteiger partial charge in [-0.2, -0.15) is 0 Å². The van der Waals surface area contributed by atoms with Gasteiger partial charge in [0.1, 0.15) is 0 Å². The van der Waals surface area contributed by atoms with E-state index in [1.807, 2.05) is 32.0 Å². The van der Waals surface area contributed by atoms with Crippen LogP contribution in [0, 0.1) is 5.92 Å². The maximum absolute atomic E-state index is 11.9. The van der Waals surface area contributed by atoms with E-state index < -0.39 is 0 Å². The highest BCUT2D eigenvalue weighted by molar-refractivity contribution is 5.74. The highest BCUT2D eigenvalue weighted by Crippen LogP contribution is 2.33. The van der Waals surface area contributed by atoms with E-state index in [0.29, 0.717) is 24.0 Å². The Labute approximate surface area is 139 Å². The predicted octanol–water partition coefficient (Wildman–Crippen LogP) is 3.54. The van der Waals surface area contributed by atoms with Gasteiger partial charge in [-0.3, -0.25) is 0 Å². The molecule has 130 valence electrons. The fraction of sp³-hybridized carbons (Fsp3) is 0.611. The minimum atomic E-state index is -0.120. The van der Waals surface area contributed by atoms with Crippen LogP contribution in [0.3, 0.4) is 0 Å². The summed E-state index contributed by atoms with van der Waals surface area (Å²) in [6.07, 6.45) is 0.913. The van der Waals surface area contributed by atoms with Crippen LogP contribution in [0.15, 0.2) is 18.2 Å². The average Bonchev–Trinajstić information content (AvgIpc) is 2.54. The zero-order valence-corrected chi connectivity index (χ0v) is 15.1. The van der Waals surface area contributed by atoms with Crippen molar-refractivity contribution in [2.45, 2.75) is 46.1 Å². The third-order valence-corrected chi connectivity index (χ3v) is 4.11. The Bertz CT molecular complexity index is 503. The third-order valence-electron chi connectivity index (χ3n) is 4.11. The van der Waals surface area contributed by atoms with Crippen molar-refractivity contribution in [1.82, 2.24) is 10.6 Å². The number of urea groups is 1. The number of carbonyl (C=O) groups is 1. The van der Waals surface area contributed by atoms with Gasteiger partial charge in [0.15, 0.2) is 11.5 Å². The van der Waals surface area contributed by atoms with Crippen molar-refractivity contribution in [3.05, 3.63) is 23.8 Å². The van der Waals surface area contributed by atoms with Crippen molar-refractivity contribution >= 4 is 6.03 Å². The highest BCUT2D eigenvalue weighted by atomic mass is 16.5. The van der Waals surface area contributed by atoms with E-state index in [1.165, 1.54) is 0 Å². The summed E-state index contributed by atoms with van der Waals surface area (Å²) in [5.41, 5.74) is 1.13. The number of hydrogen-bond acceptors (Lipinski definition) is 3. The molecule has 1 aromatic rings. The number of amides is 2. The van der Waals surface area contributed by atoms with Crippen LogP contribution in [-0.4, -0.2) is 32.8 Å². The van der Waals surface area contributed by atoms with E-state index in [4.69, 9.17) is 9.47 Å². The smallest absolute Gasteiger partial charge is 0.315 e. The third kappa shape index (κ3) is 5.66. The van der Waals surface area contributed by atoms with E-state index in [2.05, 4.69) is 24.5 Å². The summed E-state index contributed by atoms with van der Waals surface area (Å²) < 4.78 is 10.7. The van der Waals surface area contributed by atoms with Gasteiger partial charge < -0.3 is 20.1 Å². The van der Waals surface area contributed by atoms with E-state index in [9.17, 15) is 4.79 Å². The van der Waals surface area contributed by atoms with Crippen molar-refractivity contribution in [3.63, 3.8) is 0 Å². The zero-order chi connectivity index (χ0) is 17.4. The van der Waals surface area contributed by atoms with E-state index in [-0.39, 0.29) is 18.0 Å². The van der Waals surface area contributed by atoms with Crippen molar-refractivity contribution in [2.75, 3.05) is 20.8 Å². The maximum Gasteiger partial charge on any atom is 0.315 e. The van der Waals surface area contributed by atoms with Gasteiger partial charge in [-0.1, -0.05) is 26.8 Å². The Kier molecular flexibility index (Phi) is 7.72. The Morgan fingerprint density at radius 1 is 1.13 bits per heavy atom. The number of methoxy groups -OCH3 is 2. The Balaban J connectivity index is 2.81. The SMILES string of the molecule is CCC(C)NC(=O)NCC(c1ccc(OC)c(OC)c1)C(C)C. The molecular weight excluding hydrogens is 292 g/mol. The first-order valence-corrected chi connectivity index (χ1v) is 8.19. The molecule has 1 rings (SSSR count). The minimum Gasteiger partial charge on any atom is -0.493 e. The fourth-order valence-electron chi connectivity index (χ4n) is 2.40. The fourth-order valence-corrected chi connectivity index (χ4v) is 2.40. The van der Waals surface area contributed by atoms with Crippen LogP contribution in [0.25, 0.3) is 0 Å². The number of benzene rings is 1. The first-order chi connectivity index (χ1) is 10.9. The van der Waals surface area contributed by atoms with Crippen LogP contribution in [0.1, 0.15) is 45.6 Å². The lowest BCUT2D eigenvalue weighted by Crippen LogP contribution is -2.42. The molecule has 2 N–H and O–H groups in total. The van der Waals surface area contributed by atoms with Gasteiger partial charge >= 0.3 is 6.03 Å². The molecule has 0 spiro atoms. The summed E-state index contributed by atoms with van der Waals surface area (Å²) in [5, 5.41) is 5.89. The van der Waals surface area contributed by atoms with Gasteiger partial charge in [0, 0.05) is 18.5 Å². The van der Waals surface area contributed by atoms with Crippen LogP contribution < -0.4 is 20.1 Å². The molecule has 5 nitrogen and oxygen atoms in total. The minimum absolute atomic E-state index is 0.120. The van der Waals surface area contributed by atoms with Crippen molar-refractivity contribution < 1.29 is 14.3 Å². The predicted molar refractivity (Wildman–Crippen MR) is 93.4 cm³/mol. The van der Waals surface area contributed by atoms with E-state index >= 15 is 0 Å². The molecule has 2 amide bonds. The summed E-state index contributed by atoms with van der Waals surface area (Å²) in [4.78, 5) is 11.9. The van der Waals surface area contributed by atoms with Gasteiger partial charge in [-0.05, 0) is 37.0 Å². The molecule has 0 radical (unpaired) electrons. The molecule has 0 aliphatic rings. The Morgan fingerprint density at radius 3 is 2.30 bits per heavy atom. The highest BCUT2D eigenvalue weighted by Gasteiger charge is 2.19. The molecule has 0 bridgehead atoms. The van der Waals surface area contributed by atoms with Crippen LogP contribution >= 0.6 is 0 Å². The topological polar surface area (TPSA) is 59.6 Å². The summed E-state index contributed by atoms with van der Waals surface area (Å²) in [6.45, 7) is 8.92. The van der Waals surface area contributed by atoms with Crippen LogP contribution in [0.4, 0.5) is 4.79 Å². The number of rotatable bonds is 8. The summed E-state index contributed by atoms with van der Waals surface area (Å²) >= 11 is 0. The molecule has 0 heterocycles. The normalized spacial score (nSPS) is 13.3. The number of carbonyl (C=O) groups excluding carboxylic acids is 1. The second kappa shape index (κ2) is 9.28. The second-order valence-corrected chi connectivity index (χ2v) is 6.13. The lowest BCUT2D eigenvalue weighted by atomic mass is 9.88. The van der Waals surface area contributed by atoms with Crippen LogP contribution in [0.5, 0.6) is 11.5 Å². The van der Waals surface area contributed by atoms with Gasteiger partial charge in [-0.15, -0.1) is 0 Å². The van der Waals surface area contributed by atoms with E-state index in [0.717, 1.165) is 12.0 Å². The van der Waals surface area contributed by atoms with Gasteiger partial charge in [0.05, 0.1) is 14.2 Å². The Morgan fingerprint density at radius 2 is 1.78 bits per heavy atom. The first kappa shape index (κ1) is 19.1. The molecule has 5 heteroatoms. The van der Waals surface area contributed by atoms with Gasteiger partial charge in [0.2, 0.25) is 0 Å². The standard InChI is InChI=1S/C18H30N2O3/c1-7-13(4)20-18(21)19-11-15(12(2)3)14-8-9-16(22-5)17(10-14)23-6/h8-10,12-13,15H,7,11H2,1-6H3,(H2,19,20,21). The summed E-state index contributed by atoms with van der Waals surface area (Å²) in [7, 11) is 3.25. The van der Waals surface area contributed by atoms with Gasteiger partial charge in [-0.25, -0.2) is 4.79 Å². The quantitative estimate of drug-likeness (QED) is 0.769. The molecule has 0 aliphatic heterocycles. The number of nitrogens with one attached hydrogen (secondary N) is 2. The molecule has 2 atom stereocenters. The monoisotopic (exact) mass is 322 g/mol. The molecule has 0 aliphatic carbocycles. The summed E-state index contributed by atoms with van der Waals surface area (Å²) in [6, 6.07) is 5.97. The number of hydrogen-bond donors (Lipinski definition) is 2. The molecule has 0 saturated carbocycles. The molecular formula is C18H30N2O3. The van der Waals surface area contributed by atoms with Crippen LogP contribution in [0.2, 0.25) is 0 Å². The average molecular weight is 322 g/mol. The number of ether oxygens (including phenoxy) is 2. The molecule has 1 aromatic carbocycles. The largest absolute Gasteiger partial charge is 0.493 e.